The number of aryl methyl sites for hydroxylation is 1. The maximum absolute atomic E-state index is 12.5. The van der Waals surface area contributed by atoms with Crippen LogP contribution >= 0.6 is 0 Å². The fraction of sp³-hybridized carbons (Fsp3) is 0.353. The Bertz CT molecular complexity index is 891. The van der Waals surface area contributed by atoms with Gasteiger partial charge in [-0.05, 0) is 26.0 Å². The first kappa shape index (κ1) is 16.0. The van der Waals surface area contributed by atoms with Crippen molar-refractivity contribution >= 4 is 16.9 Å². The summed E-state index contributed by atoms with van der Waals surface area (Å²) in [5, 5.41) is 2.93. The van der Waals surface area contributed by atoms with Gasteiger partial charge >= 0.3 is 5.69 Å². The van der Waals surface area contributed by atoms with Gasteiger partial charge in [-0.3, -0.25) is 13.9 Å². The topological polar surface area (TPSA) is 73.8 Å². The van der Waals surface area contributed by atoms with Crippen LogP contribution in [0.5, 0.6) is 0 Å². The van der Waals surface area contributed by atoms with E-state index >= 15 is 0 Å². The first-order chi connectivity index (χ1) is 11.6. The standard InChI is InChI=1S/C17H21N5O2/c1-3-21-14-6-4-5-7-15(14)22(17(21)24)11-16(23)19-13(2)10-20-9-8-18-12-20/h4-9,12-13H,3,10-11H2,1-2H3,(H,19,23). The molecule has 0 aliphatic rings. The molecule has 0 aliphatic heterocycles. The molecule has 0 fully saturated rings. The quantitative estimate of drug-likeness (QED) is 0.740. The van der Waals surface area contributed by atoms with Crippen LogP contribution in [0.1, 0.15) is 13.8 Å². The molecule has 0 spiro atoms. The Kier molecular flexibility index (Phi) is 4.50. The Morgan fingerprint density at radius 2 is 1.96 bits per heavy atom. The van der Waals surface area contributed by atoms with Gasteiger partial charge in [-0.15, -0.1) is 0 Å². The SMILES string of the molecule is CCn1c(=O)n(CC(=O)NC(C)Cn2ccnc2)c2ccccc21. The maximum atomic E-state index is 12.5. The van der Waals surface area contributed by atoms with Gasteiger partial charge < -0.3 is 9.88 Å². The number of amides is 1. The van der Waals surface area contributed by atoms with Gasteiger partial charge in [0, 0.05) is 31.5 Å². The Labute approximate surface area is 139 Å². The lowest BCUT2D eigenvalue weighted by molar-refractivity contribution is -0.122. The molecule has 2 heterocycles. The molecule has 1 N–H and O–H groups in total. The van der Waals surface area contributed by atoms with E-state index in [9.17, 15) is 9.59 Å². The van der Waals surface area contributed by atoms with E-state index in [1.807, 2.05) is 48.9 Å². The summed E-state index contributed by atoms with van der Waals surface area (Å²) in [6.07, 6.45) is 5.26. The number of para-hydroxylation sites is 2. The molecule has 2 aromatic heterocycles. The summed E-state index contributed by atoms with van der Waals surface area (Å²) in [5.41, 5.74) is 1.47. The van der Waals surface area contributed by atoms with Crippen molar-refractivity contribution < 1.29 is 4.79 Å². The van der Waals surface area contributed by atoms with E-state index in [-0.39, 0.29) is 24.2 Å². The van der Waals surface area contributed by atoms with Crippen molar-refractivity contribution in [3.63, 3.8) is 0 Å². The second-order valence-corrected chi connectivity index (χ2v) is 5.83. The molecule has 7 heteroatoms. The molecule has 24 heavy (non-hydrogen) atoms. The summed E-state index contributed by atoms with van der Waals surface area (Å²) in [7, 11) is 0. The number of benzene rings is 1. The summed E-state index contributed by atoms with van der Waals surface area (Å²) in [5.74, 6) is -0.177. The molecule has 7 nitrogen and oxygen atoms in total. The minimum Gasteiger partial charge on any atom is -0.350 e. The molecule has 1 unspecified atom stereocenters. The van der Waals surface area contributed by atoms with E-state index in [1.165, 1.54) is 4.57 Å². The molecular weight excluding hydrogens is 306 g/mol. The van der Waals surface area contributed by atoms with Crippen molar-refractivity contribution in [1.82, 2.24) is 24.0 Å². The molecule has 0 saturated heterocycles. The third kappa shape index (κ3) is 3.10. The van der Waals surface area contributed by atoms with E-state index in [4.69, 9.17) is 0 Å². The molecule has 1 amide bonds. The zero-order chi connectivity index (χ0) is 17.1. The van der Waals surface area contributed by atoms with Crippen LogP contribution in [0.2, 0.25) is 0 Å². The van der Waals surface area contributed by atoms with Gasteiger partial charge in [-0.1, -0.05) is 12.1 Å². The normalized spacial score (nSPS) is 12.4. The van der Waals surface area contributed by atoms with Crippen molar-refractivity contribution in [1.29, 1.82) is 0 Å². The average molecular weight is 327 g/mol. The number of nitrogens with one attached hydrogen (secondary N) is 1. The number of hydrogen-bond donors (Lipinski definition) is 1. The largest absolute Gasteiger partial charge is 0.350 e. The number of imidazole rings is 2. The number of rotatable bonds is 6. The number of carbonyl (C=O) groups excluding carboxylic acids is 1. The van der Waals surface area contributed by atoms with E-state index in [2.05, 4.69) is 10.3 Å². The van der Waals surface area contributed by atoms with Crippen molar-refractivity contribution in [2.75, 3.05) is 0 Å². The fourth-order valence-corrected chi connectivity index (χ4v) is 2.95. The van der Waals surface area contributed by atoms with Gasteiger partial charge in [0.2, 0.25) is 5.91 Å². The molecule has 1 aromatic carbocycles. The van der Waals surface area contributed by atoms with Crippen molar-refractivity contribution in [3.05, 3.63) is 53.5 Å². The van der Waals surface area contributed by atoms with Crippen LogP contribution in [0.25, 0.3) is 11.0 Å². The average Bonchev–Trinajstić information content (AvgIpc) is 3.14. The molecule has 3 rings (SSSR count). The first-order valence-electron chi connectivity index (χ1n) is 8.03. The zero-order valence-corrected chi connectivity index (χ0v) is 13.8. The summed E-state index contributed by atoms with van der Waals surface area (Å²) in [4.78, 5) is 28.9. The smallest absolute Gasteiger partial charge is 0.329 e. The number of nitrogens with zero attached hydrogens (tertiary/aromatic N) is 4. The number of fused-ring (bicyclic) bond motifs is 1. The molecule has 126 valence electrons. The summed E-state index contributed by atoms with van der Waals surface area (Å²) >= 11 is 0. The fourth-order valence-electron chi connectivity index (χ4n) is 2.95. The first-order valence-corrected chi connectivity index (χ1v) is 8.03. The van der Waals surface area contributed by atoms with Crippen LogP contribution in [0.4, 0.5) is 0 Å². The van der Waals surface area contributed by atoms with Crippen LogP contribution in [0.15, 0.2) is 47.8 Å². The van der Waals surface area contributed by atoms with Crippen molar-refractivity contribution in [2.45, 2.75) is 39.5 Å². The van der Waals surface area contributed by atoms with Crippen LogP contribution in [-0.4, -0.2) is 30.6 Å². The maximum Gasteiger partial charge on any atom is 0.329 e. The van der Waals surface area contributed by atoms with Gasteiger partial charge in [0.15, 0.2) is 0 Å². The minimum absolute atomic E-state index is 0.0145. The molecule has 1 atom stereocenters. The summed E-state index contributed by atoms with van der Waals surface area (Å²) in [6, 6.07) is 7.48. The number of aromatic nitrogens is 4. The van der Waals surface area contributed by atoms with Crippen LogP contribution in [0, 0.1) is 0 Å². The van der Waals surface area contributed by atoms with Gasteiger partial charge in [0.05, 0.1) is 17.4 Å². The second kappa shape index (κ2) is 6.74. The van der Waals surface area contributed by atoms with E-state index in [0.717, 1.165) is 11.0 Å². The molecule has 0 saturated carbocycles. The third-order valence-electron chi connectivity index (χ3n) is 3.99. The summed E-state index contributed by atoms with van der Waals surface area (Å²) < 4.78 is 5.11. The van der Waals surface area contributed by atoms with E-state index < -0.39 is 0 Å². The number of hydrogen-bond acceptors (Lipinski definition) is 3. The highest BCUT2D eigenvalue weighted by molar-refractivity contribution is 5.81. The minimum atomic E-state index is -0.177. The zero-order valence-electron chi connectivity index (χ0n) is 13.8. The molecule has 0 radical (unpaired) electrons. The predicted molar refractivity (Wildman–Crippen MR) is 91.7 cm³/mol. The molecule has 0 aliphatic carbocycles. The Hall–Kier alpha value is -2.83. The van der Waals surface area contributed by atoms with Gasteiger partial charge in [0.1, 0.15) is 6.54 Å². The Morgan fingerprint density at radius 1 is 1.25 bits per heavy atom. The van der Waals surface area contributed by atoms with Crippen molar-refractivity contribution in [2.24, 2.45) is 0 Å². The van der Waals surface area contributed by atoms with Gasteiger partial charge in [-0.25, -0.2) is 9.78 Å². The van der Waals surface area contributed by atoms with Crippen LogP contribution in [0.3, 0.4) is 0 Å². The van der Waals surface area contributed by atoms with Gasteiger partial charge in [0.25, 0.3) is 0 Å². The summed E-state index contributed by atoms with van der Waals surface area (Å²) in [6.45, 7) is 5.07. The van der Waals surface area contributed by atoms with E-state index in [1.54, 1.807) is 17.1 Å². The van der Waals surface area contributed by atoms with Crippen LogP contribution < -0.4 is 11.0 Å². The number of carbonyl (C=O) groups is 1. The highest BCUT2D eigenvalue weighted by Crippen LogP contribution is 2.12. The van der Waals surface area contributed by atoms with Crippen molar-refractivity contribution in [3.8, 4) is 0 Å². The lowest BCUT2D eigenvalue weighted by Crippen LogP contribution is -2.39. The molecule has 0 bridgehead atoms. The second-order valence-electron chi connectivity index (χ2n) is 5.83. The highest BCUT2D eigenvalue weighted by atomic mass is 16.2. The third-order valence-corrected chi connectivity index (χ3v) is 3.99. The lowest BCUT2D eigenvalue weighted by atomic mass is 10.3. The monoisotopic (exact) mass is 327 g/mol. The Balaban J connectivity index is 1.76. The molecule has 3 aromatic rings. The van der Waals surface area contributed by atoms with E-state index in [0.29, 0.717) is 13.1 Å². The predicted octanol–water partition coefficient (Wildman–Crippen LogP) is 1.22. The Morgan fingerprint density at radius 3 is 2.58 bits per heavy atom. The van der Waals surface area contributed by atoms with Crippen LogP contribution in [-0.2, 0) is 24.4 Å². The molecular formula is C17H21N5O2. The highest BCUT2D eigenvalue weighted by Gasteiger charge is 2.15. The lowest BCUT2D eigenvalue weighted by Gasteiger charge is -2.14. The van der Waals surface area contributed by atoms with Gasteiger partial charge in [-0.2, -0.15) is 0 Å².